The molecular weight excluding hydrogens is 278 g/mol. The minimum atomic E-state index is -1.15. The van der Waals surface area contributed by atoms with Crippen LogP contribution in [0.25, 0.3) is 11.1 Å². The molecule has 2 atom stereocenters. The van der Waals surface area contributed by atoms with Crippen molar-refractivity contribution in [2.24, 2.45) is 5.73 Å². The van der Waals surface area contributed by atoms with Crippen LogP contribution < -0.4 is 10.5 Å². The molecule has 0 saturated heterocycles. The van der Waals surface area contributed by atoms with Gasteiger partial charge in [-0.1, -0.05) is 35.9 Å². The second kappa shape index (κ2) is 4.81. The van der Waals surface area contributed by atoms with Crippen LogP contribution in [0.4, 0.5) is 0 Å². The fraction of sp³-hybridized carbons (Fsp3) is 0.133. The quantitative estimate of drug-likeness (QED) is 0.891. The maximum atomic E-state index is 11.2. The van der Waals surface area contributed by atoms with E-state index in [2.05, 4.69) is 0 Å². The van der Waals surface area contributed by atoms with E-state index < -0.39 is 18.1 Å². The number of nitrogens with two attached hydrogens (primary N) is 1. The maximum absolute atomic E-state index is 11.2. The number of halogens is 1. The summed E-state index contributed by atoms with van der Waals surface area (Å²) in [6.45, 7) is 0. The number of ether oxygens (including phenoxy) is 1. The van der Waals surface area contributed by atoms with Crippen molar-refractivity contribution in [1.82, 2.24) is 0 Å². The van der Waals surface area contributed by atoms with Crippen LogP contribution in [0, 0.1) is 0 Å². The van der Waals surface area contributed by atoms with Crippen LogP contribution in [0.1, 0.15) is 11.7 Å². The summed E-state index contributed by atoms with van der Waals surface area (Å²) in [5.41, 5.74) is 8.26. The highest BCUT2D eigenvalue weighted by Gasteiger charge is 2.34. The van der Waals surface area contributed by atoms with E-state index in [-0.39, 0.29) is 0 Å². The van der Waals surface area contributed by atoms with Gasteiger partial charge in [0, 0.05) is 16.1 Å². The average molecular weight is 290 g/mol. The van der Waals surface area contributed by atoms with E-state index in [0.717, 1.165) is 11.1 Å². The molecule has 1 aliphatic rings. The lowest BCUT2D eigenvalue weighted by Gasteiger charge is -2.30. The first kappa shape index (κ1) is 13.0. The molecule has 5 heteroatoms. The van der Waals surface area contributed by atoms with Gasteiger partial charge in [-0.2, -0.15) is 0 Å². The molecule has 0 spiro atoms. The van der Waals surface area contributed by atoms with E-state index >= 15 is 0 Å². The number of para-hydroxylation sites is 1. The van der Waals surface area contributed by atoms with Gasteiger partial charge in [-0.05, 0) is 23.8 Å². The fourth-order valence-electron chi connectivity index (χ4n) is 2.40. The lowest BCUT2D eigenvalue weighted by Crippen LogP contribution is -2.40. The van der Waals surface area contributed by atoms with Crippen molar-refractivity contribution >= 4 is 17.6 Å². The molecule has 102 valence electrons. The third kappa shape index (κ3) is 2.03. The molecular formula is C15H12ClNO3. The van der Waals surface area contributed by atoms with Crippen LogP contribution in [0.3, 0.4) is 0 Å². The molecule has 3 N–H and O–H groups in total. The van der Waals surface area contributed by atoms with Crippen LogP contribution in [0.5, 0.6) is 5.75 Å². The zero-order valence-electron chi connectivity index (χ0n) is 10.4. The molecule has 20 heavy (non-hydrogen) atoms. The number of carboxylic acid groups (broad SMARTS) is 1. The van der Waals surface area contributed by atoms with E-state index in [1.807, 2.05) is 24.3 Å². The van der Waals surface area contributed by atoms with E-state index in [4.69, 9.17) is 27.2 Å². The standard InChI is InChI=1S/C15H12ClNO3/c16-8-5-6-9-10-3-1-2-4-12(10)20-14(11(9)7-8)13(17)15(18)19/h1-7,13-14H,17H2,(H,18,19). The first-order chi connectivity index (χ1) is 9.58. The van der Waals surface area contributed by atoms with Gasteiger partial charge in [-0.15, -0.1) is 0 Å². The summed E-state index contributed by atoms with van der Waals surface area (Å²) in [7, 11) is 0. The molecule has 0 saturated carbocycles. The topological polar surface area (TPSA) is 72.6 Å². The Morgan fingerprint density at radius 1 is 1.25 bits per heavy atom. The van der Waals surface area contributed by atoms with Gasteiger partial charge in [0.05, 0.1) is 0 Å². The highest BCUT2D eigenvalue weighted by atomic mass is 35.5. The lowest BCUT2D eigenvalue weighted by atomic mass is 9.90. The fourth-order valence-corrected chi connectivity index (χ4v) is 2.58. The summed E-state index contributed by atoms with van der Waals surface area (Å²) < 4.78 is 5.77. The smallest absolute Gasteiger partial charge is 0.324 e. The van der Waals surface area contributed by atoms with Crippen molar-refractivity contribution in [1.29, 1.82) is 0 Å². The second-order valence-corrected chi connectivity index (χ2v) is 5.07. The highest BCUT2D eigenvalue weighted by Crippen LogP contribution is 2.43. The summed E-state index contributed by atoms with van der Waals surface area (Å²) in [4.78, 5) is 11.2. The van der Waals surface area contributed by atoms with Gasteiger partial charge in [0.2, 0.25) is 0 Å². The molecule has 3 rings (SSSR count). The molecule has 0 aromatic heterocycles. The van der Waals surface area contributed by atoms with Crippen molar-refractivity contribution < 1.29 is 14.6 Å². The number of benzene rings is 2. The zero-order chi connectivity index (χ0) is 14.3. The summed E-state index contributed by atoms with van der Waals surface area (Å²) >= 11 is 6.01. The number of fused-ring (bicyclic) bond motifs is 3. The van der Waals surface area contributed by atoms with Crippen molar-refractivity contribution in [3.05, 3.63) is 53.1 Å². The first-order valence-electron chi connectivity index (χ1n) is 6.12. The van der Waals surface area contributed by atoms with Crippen molar-refractivity contribution in [3.8, 4) is 16.9 Å². The number of hydrogen-bond acceptors (Lipinski definition) is 3. The van der Waals surface area contributed by atoms with Gasteiger partial charge in [-0.25, -0.2) is 0 Å². The largest absolute Gasteiger partial charge is 0.483 e. The number of aliphatic carboxylic acids is 1. The summed E-state index contributed by atoms with van der Waals surface area (Å²) in [5, 5.41) is 9.66. The predicted molar refractivity (Wildman–Crippen MR) is 75.9 cm³/mol. The van der Waals surface area contributed by atoms with Gasteiger partial charge in [0.1, 0.15) is 11.8 Å². The molecule has 2 aromatic rings. The van der Waals surface area contributed by atoms with Crippen molar-refractivity contribution in [2.45, 2.75) is 12.1 Å². The van der Waals surface area contributed by atoms with Crippen LogP contribution in [-0.4, -0.2) is 17.1 Å². The molecule has 0 amide bonds. The number of carboxylic acids is 1. The Labute approximate surface area is 120 Å². The highest BCUT2D eigenvalue weighted by molar-refractivity contribution is 6.30. The number of hydrogen-bond donors (Lipinski definition) is 2. The summed E-state index contributed by atoms with van der Waals surface area (Å²) in [6.07, 6.45) is -0.754. The maximum Gasteiger partial charge on any atom is 0.324 e. The minimum absolute atomic E-state index is 0.523. The van der Waals surface area contributed by atoms with Gasteiger partial charge in [0.25, 0.3) is 0 Å². The Morgan fingerprint density at radius 3 is 2.75 bits per heavy atom. The van der Waals surface area contributed by atoms with E-state index in [9.17, 15) is 4.79 Å². The molecule has 0 fully saturated rings. The molecule has 1 heterocycles. The molecule has 0 bridgehead atoms. The SMILES string of the molecule is NC(C(=O)O)C1Oc2ccccc2-c2ccc(Cl)cc21. The Bertz CT molecular complexity index is 687. The zero-order valence-corrected chi connectivity index (χ0v) is 11.2. The Kier molecular flexibility index (Phi) is 3.12. The summed E-state index contributed by atoms with van der Waals surface area (Å²) in [6, 6.07) is 11.6. The third-order valence-electron chi connectivity index (χ3n) is 3.36. The van der Waals surface area contributed by atoms with Crippen molar-refractivity contribution in [3.63, 3.8) is 0 Å². The Hall–Kier alpha value is -2.04. The lowest BCUT2D eigenvalue weighted by molar-refractivity contribution is -0.140. The van der Waals surface area contributed by atoms with Crippen molar-refractivity contribution in [2.75, 3.05) is 0 Å². The minimum Gasteiger partial charge on any atom is -0.483 e. The van der Waals surface area contributed by atoms with E-state index in [1.165, 1.54) is 0 Å². The van der Waals surface area contributed by atoms with E-state index in [1.54, 1.807) is 18.2 Å². The third-order valence-corrected chi connectivity index (χ3v) is 3.60. The second-order valence-electron chi connectivity index (χ2n) is 4.63. The Balaban J connectivity index is 2.19. The molecule has 2 aromatic carbocycles. The van der Waals surface area contributed by atoms with Gasteiger partial charge >= 0.3 is 5.97 Å². The normalized spacial score (nSPS) is 17.6. The molecule has 2 unspecified atom stereocenters. The van der Waals surface area contributed by atoms with Crippen LogP contribution in [0.15, 0.2) is 42.5 Å². The molecule has 0 aliphatic carbocycles. The van der Waals surface area contributed by atoms with Crippen LogP contribution >= 0.6 is 11.6 Å². The van der Waals surface area contributed by atoms with Gasteiger partial charge in [-0.3, -0.25) is 4.79 Å². The molecule has 1 aliphatic heterocycles. The van der Waals surface area contributed by atoms with Gasteiger partial charge < -0.3 is 15.6 Å². The molecule has 4 nitrogen and oxygen atoms in total. The first-order valence-corrected chi connectivity index (χ1v) is 6.49. The van der Waals surface area contributed by atoms with Crippen LogP contribution in [0.2, 0.25) is 5.02 Å². The van der Waals surface area contributed by atoms with E-state index in [0.29, 0.717) is 16.3 Å². The predicted octanol–water partition coefficient (Wildman–Crippen LogP) is 2.85. The number of carbonyl (C=O) groups is 1. The van der Waals surface area contributed by atoms with Gasteiger partial charge in [0.15, 0.2) is 6.10 Å². The number of rotatable bonds is 2. The average Bonchev–Trinajstić information content (AvgIpc) is 2.45. The molecule has 0 radical (unpaired) electrons. The summed E-state index contributed by atoms with van der Waals surface area (Å²) in [5.74, 6) is -0.482. The monoisotopic (exact) mass is 289 g/mol. The Morgan fingerprint density at radius 2 is 2.00 bits per heavy atom. The van der Waals surface area contributed by atoms with Crippen LogP contribution in [-0.2, 0) is 4.79 Å².